The van der Waals surface area contributed by atoms with Gasteiger partial charge in [0.05, 0.1) is 30.9 Å². The fourth-order valence-corrected chi connectivity index (χ4v) is 4.96. The van der Waals surface area contributed by atoms with Crippen LogP contribution in [0.5, 0.6) is 5.75 Å². The lowest BCUT2D eigenvalue weighted by atomic mass is 9.87. The lowest BCUT2D eigenvalue weighted by Gasteiger charge is -2.36. The van der Waals surface area contributed by atoms with Gasteiger partial charge in [-0.15, -0.1) is 0 Å². The molecule has 2 heterocycles. The number of amides is 3. The Kier molecular flexibility index (Phi) is 7.10. The summed E-state index contributed by atoms with van der Waals surface area (Å²) in [6.07, 6.45) is 2.14. The molecule has 0 aromatic heterocycles. The van der Waals surface area contributed by atoms with E-state index in [0.29, 0.717) is 63.3 Å². The van der Waals surface area contributed by atoms with Crippen LogP contribution in [0.4, 0.5) is 19.7 Å². The monoisotopic (exact) mass is 491 g/mol. The summed E-state index contributed by atoms with van der Waals surface area (Å²) in [5.41, 5.74) is -0.172. The van der Waals surface area contributed by atoms with Crippen molar-refractivity contribution in [2.75, 3.05) is 38.2 Å². The molecule has 9 nitrogen and oxygen atoms in total. The topological polar surface area (TPSA) is 88.6 Å². The number of halogens is 1. The van der Waals surface area contributed by atoms with E-state index in [2.05, 4.69) is 0 Å². The molecule has 0 radical (unpaired) electrons. The summed E-state index contributed by atoms with van der Waals surface area (Å²) < 4.78 is 30.8. The number of carbonyl (C=O) groups excluding carboxylic acids is 3. The second-order valence-corrected chi connectivity index (χ2v) is 10.4. The largest absolute Gasteiger partial charge is 0.490 e. The molecular formula is C25H34FN3O6. The summed E-state index contributed by atoms with van der Waals surface area (Å²) >= 11 is 0. The highest BCUT2D eigenvalue weighted by molar-refractivity contribution is 5.95. The van der Waals surface area contributed by atoms with Gasteiger partial charge >= 0.3 is 18.1 Å². The van der Waals surface area contributed by atoms with Gasteiger partial charge in [-0.1, -0.05) is 0 Å². The minimum Gasteiger partial charge on any atom is -0.490 e. The zero-order chi connectivity index (χ0) is 25.3. The molecule has 0 bridgehead atoms. The van der Waals surface area contributed by atoms with Gasteiger partial charge in [-0.3, -0.25) is 9.69 Å². The van der Waals surface area contributed by atoms with Gasteiger partial charge in [0, 0.05) is 38.3 Å². The summed E-state index contributed by atoms with van der Waals surface area (Å²) in [6, 6.07) is 3.90. The second kappa shape index (κ2) is 9.91. The molecule has 2 saturated heterocycles. The van der Waals surface area contributed by atoms with Crippen LogP contribution < -0.4 is 9.64 Å². The Hall–Kier alpha value is -3.04. The summed E-state index contributed by atoms with van der Waals surface area (Å²) in [4.78, 5) is 42.2. The molecule has 10 heteroatoms. The van der Waals surface area contributed by atoms with Crippen LogP contribution >= 0.6 is 0 Å². The highest BCUT2D eigenvalue weighted by Crippen LogP contribution is 2.33. The van der Waals surface area contributed by atoms with Crippen LogP contribution in [0, 0.1) is 11.7 Å². The SMILES string of the molecule is COC(=O)C1CCC(Oc2cc(F)cc(N3CC4CN(C(=O)OC(C)(C)C)CCN4C3=O)c2)CC1. The smallest absolute Gasteiger partial charge is 0.410 e. The Morgan fingerprint density at radius 3 is 2.40 bits per heavy atom. The number of esters is 1. The van der Waals surface area contributed by atoms with Gasteiger partial charge < -0.3 is 24.0 Å². The minimum atomic E-state index is -0.595. The van der Waals surface area contributed by atoms with E-state index in [-0.39, 0.29) is 30.1 Å². The van der Waals surface area contributed by atoms with E-state index in [0.717, 1.165) is 0 Å². The normalized spacial score (nSPS) is 24.8. The first-order chi connectivity index (χ1) is 16.5. The van der Waals surface area contributed by atoms with Crippen molar-refractivity contribution in [1.29, 1.82) is 0 Å². The highest BCUT2D eigenvalue weighted by Gasteiger charge is 2.43. The number of nitrogens with zero attached hydrogens (tertiary/aromatic N) is 3. The number of hydrogen-bond donors (Lipinski definition) is 0. The van der Waals surface area contributed by atoms with Crippen molar-refractivity contribution in [3.05, 3.63) is 24.0 Å². The predicted molar refractivity (Wildman–Crippen MR) is 126 cm³/mol. The Bertz CT molecular complexity index is 972. The molecule has 1 aromatic rings. The van der Waals surface area contributed by atoms with Crippen molar-refractivity contribution in [2.24, 2.45) is 5.92 Å². The molecule has 192 valence electrons. The van der Waals surface area contributed by atoms with Gasteiger partial charge in [0.1, 0.15) is 17.2 Å². The van der Waals surface area contributed by atoms with Gasteiger partial charge in [0.15, 0.2) is 0 Å². The zero-order valence-electron chi connectivity index (χ0n) is 20.8. The molecule has 3 amide bonds. The molecule has 1 aliphatic carbocycles. The van der Waals surface area contributed by atoms with Gasteiger partial charge in [-0.2, -0.15) is 0 Å². The maximum Gasteiger partial charge on any atom is 0.410 e. The first kappa shape index (κ1) is 25.1. The van der Waals surface area contributed by atoms with E-state index in [1.165, 1.54) is 24.1 Å². The first-order valence-corrected chi connectivity index (χ1v) is 12.1. The van der Waals surface area contributed by atoms with Crippen molar-refractivity contribution >= 4 is 23.8 Å². The number of ether oxygens (including phenoxy) is 3. The van der Waals surface area contributed by atoms with Gasteiger partial charge in [0.25, 0.3) is 0 Å². The Labute approximate surface area is 205 Å². The van der Waals surface area contributed by atoms with Crippen LogP contribution in [0.1, 0.15) is 46.5 Å². The number of urea groups is 1. The van der Waals surface area contributed by atoms with E-state index in [1.54, 1.807) is 15.9 Å². The third-order valence-electron chi connectivity index (χ3n) is 6.68. The van der Waals surface area contributed by atoms with Gasteiger partial charge in [0.2, 0.25) is 0 Å². The summed E-state index contributed by atoms with van der Waals surface area (Å²) in [6.45, 7) is 6.92. The van der Waals surface area contributed by atoms with E-state index in [1.807, 2.05) is 20.8 Å². The number of benzene rings is 1. The number of carbonyl (C=O) groups is 3. The highest BCUT2D eigenvalue weighted by atomic mass is 19.1. The molecule has 1 aromatic carbocycles. The number of piperazine rings is 1. The summed E-state index contributed by atoms with van der Waals surface area (Å²) in [5, 5.41) is 0. The van der Waals surface area contributed by atoms with Crippen molar-refractivity contribution in [3.8, 4) is 5.75 Å². The molecule has 0 spiro atoms. The fourth-order valence-electron chi connectivity index (χ4n) is 4.96. The predicted octanol–water partition coefficient (Wildman–Crippen LogP) is 3.80. The number of hydrogen-bond acceptors (Lipinski definition) is 6. The molecule has 1 unspecified atom stereocenters. The van der Waals surface area contributed by atoms with Crippen LogP contribution in [0.3, 0.4) is 0 Å². The Balaban J connectivity index is 1.40. The molecule has 1 saturated carbocycles. The molecular weight excluding hydrogens is 457 g/mol. The fraction of sp³-hybridized carbons (Fsp3) is 0.640. The van der Waals surface area contributed by atoms with Crippen LogP contribution in [0.25, 0.3) is 0 Å². The number of rotatable bonds is 4. The molecule has 1 atom stereocenters. The summed E-state index contributed by atoms with van der Waals surface area (Å²) in [5.74, 6) is -0.461. The maximum absolute atomic E-state index is 14.5. The number of anilines is 1. The molecule has 3 aliphatic rings. The van der Waals surface area contributed by atoms with Gasteiger partial charge in [-0.25, -0.2) is 14.0 Å². The maximum atomic E-state index is 14.5. The van der Waals surface area contributed by atoms with E-state index in [4.69, 9.17) is 14.2 Å². The average molecular weight is 492 g/mol. The van der Waals surface area contributed by atoms with Gasteiger partial charge in [-0.05, 0) is 52.5 Å². The molecule has 4 rings (SSSR count). The lowest BCUT2D eigenvalue weighted by Crippen LogP contribution is -2.54. The third-order valence-corrected chi connectivity index (χ3v) is 6.68. The summed E-state index contributed by atoms with van der Waals surface area (Å²) in [7, 11) is 1.39. The van der Waals surface area contributed by atoms with E-state index < -0.39 is 17.5 Å². The lowest BCUT2D eigenvalue weighted by molar-refractivity contribution is -0.147. The first-order valence-electron chi connectivity index (χ1n) is 12.1. The van der Waals surface area contributed by atoms with Crippen molar-refractivity contribution < 1.29 is 33.0 Å². The van der Waals surface area contributed by atoms with Crippen LogP contribution in [-0.2, 0) is 14.3 Å². The third kappa shape index (κ3) is 5.79. The van der Waals surface area contributed by atoms with Crippen LogP contribution in [-0.4, -0.2) is 78.9 Å². The van der Waals surface area contributed by atoms with Crippen molar-refractivity contribution in [3.63, 3.8) is 0 Å². The zero-order valence-corrected chi connectivity index (χ0v) is 20.8. The Morgan fingerprint density at radius 1 is 1.03 bits per heavy atom. The standard InChI is InChI=1S/C25H34FN3O6/c1-25(2,3)35-24(32)27-9-10-28-19(14-27)15-29(23(28)31)18-11-17(26)12-21(13-18)34-20-7-5-16(6-8-20)22(30)33-4/h11-13,16,19-20H,5-10,14-15H2,1-4H3. The van der Waals surface area contributed by atoms with Crippen LogP contribution in [0.2, 0.25) is 0 Å². The minimum absolute atomic E-state index is 0.122. The quantitative estimate of drug-likeness (QED) is 0.596. The molecule has 2 aliphatic heterocycles. The molecule has 3 fully saturated rings. The number of fused-ring (bicyclic) bond motifs is 1. The molecule has 35 heavy (non-hydrogen) atoms. The Morgan fingerprint density at radius 2 is 1.74 bits per heavy atom. The van der Waals surface area contributed by atoms with E-state index in [9.17, 15) is 18.8 Å². The van der Waals surface area contributed by atoms with E-state index >= 15 is 0 Å². The van der Waals surface area contributed by atoms with Crippen molar-refractivity contribution in [2.45, 2.75) is 64.2 Å². The molecule has 0 N–H and O–H groups in total. The van der Waals surface area contributed by atoms with Crippen LogP contribution in [0.15, 0.2) is 18.2 Å². The van der Waals surface area contributed by atoms with Crippen molar-refractivity contribution in [1.82, 2.24) is 9.80 Å². The average Bonchev–Trinajstić information content (AvgIpc) is 3.13. The second-order valence-electron chi connectivity index (χ2n) is 10.4. The number of methoxy groups -OCH3 is 1.